The first-order valence-electron chi connectivity index (χ1n) is 8.96. The van der Waals surface area contributed by atoms with Crippen LogP contribution in [0.5, 0.6) is 0 Å². The van der Waals surface area contributed by atoms with Crippen LogP contribution in [0.15, 0.2) is 54.3 Å². The molecule has 5 rings (SSSR count). The highest BCUT2D eigenvalue weighted by molar-refractivity contribution is 7.09. The van der Waals surface area contributed by atoms with Crippen LogP contribution in [0.2, 0.25) is 0 Å². The van der Waals surface area contributed by atoms with E-state index in [2.05, 4.69) is 15.4 Å². The molecule has 4 heterocycles. The molecule has 0 radical (unpaired) electrons. The molecule has 2 fully saturated rings. The number of nitrogens with zero attached hydrogens (tertiary/aromatic N) is 3. The summed E-state index contributed by atoms with van der Waals surface area (Å²) in [5.74, 6) is 0. The fourth-order valence-electron chi connectivity index (χ4n) is 3.76. The molecule has 0 amide bonds. The lowest BCUT2D eigenvalue weighted by atomic mass is 9.96. The summed E-state index contributed by atoms with van der Waals surface area (Å²) in [7, 11) is 0. The second kappa shape index (κ2) is 7.14. The van der Waals surface area contributed by atoms with Crippen LogP contribution in [0.3, 0.4) is 0 Å². The molecular formula is C19H20N4O3S. The molecule has 2 aliphatic heterocycles. The lowest BCUT2D eigenvalue weighted by Gasteiger charge is -2.38. The quantitative estimate of drug-likeness (QED) is 0.698. The zero-order valence-corrected chi connectivity index (χ0v) is 15.3. The standard InChI is InChI=1S/C19H20N4O3S/c24-18-16(21-9-15-20-6-7-27-15)14-11-25-19(26-14)17(18)23-10-13(8-22-23)12-4-2-1-3-5-12/h1-8,10,14,16-19,21,24H,9,11H2/t14-,16-,17-,18+,19-/m1/s1. The molecule has 2 saturated heterocycles. The lowest BCUT2D eigenvalue weighted by molar-refractivity contribution is -0.168. The Morgan fingerprint density at radius 2 is 2.15 bits per heavy atom. The molecule has 0 saturated carbocycles. The maximum absolute atomic E-state index is 11.1. The van der Waals surface area contributed by atoms with Crippen LogP contribution in [-0.2, 0) is 16.0 Å². The minimum Gasteiger partial charge on any atom is -0.389 e. The molecule has 27 heavy (non-hydrogen) atoms. The van der Waals surface area contributed by atoms with Crippen molar-refractivity contribution in [2.45, 2.75) is 37.1 Å². The van der Waals surface area contributed by atoms with E-state index >= 15 is 0 Å². The number of aliphatic hydroxyl groups is 1. The highest BCUT2D eigenvalue weighted by Crippen LogP contribution is 2.36. The summed E-state index contributed by atoms with van der Waals surface area (Å²) >= 11 is 1.59. The Bertz CT molecular complexity index is 886. The number of hydrogen-bond acceptors (Lipinski definition) is 7. The highest BCUT2D eigenvalue weighted by Gasteiger charge is 2.51. The van der Waals surface area contributed by atoms with Gasteiger partial charge in [0.25, 0.3) is 0 Å². The summed E-state index contributed by atoms with van der Waals surface area (Å²) in [6.45, 7) is 1.05. The minimum absolute atomic E-state index is 0.176. The Hall–Kier alpha value is -2.10. The van der Waals surface area contributed by atoms with E-state index in [0.717, 1.165) is 16.1 Å². The summed E-state index contributed by atoms with van der Waals surface area (Å²) < 4.78 is 13.6. The van der Waals surface area contributed by atoms with Crippen molar-refractivity contribution in [1.82, 2.24) is 20.1 Å². The number of aliphatic hydroxyl groups excluding tert-OH is 1. The number of rotatable bonds is 5. The molecule has 2 aromatic heterocycles. The van der Waals surface area contributed by atoms with Crippen molar-refractivity contribution in [3.8, 4) is 11.1 Å². The number of thiazole rings is 1. The van der Waals surface area contributed by atoms with E-state index in [1.165, 1.54) is 0 Å². The fraction of sp³-hybridized carbons (Fsp3) is 0.368. The molecule has 140 valence electrons. The van der Waals surface area contributed by atoms with E-state index in [1.807, 2.05) is 41.9 Å². The number of aromatic nitrogens is 3. The average Bonchev–Trinajstić information content (AvgIpc) is 3.44. The molecule has 1 aromatic carbocycles. The highest BCUT2D eigenvalue weighted by atomic mass is 32.1. The van der Waals surface area contributed by atoms with Crippen molar-refractivity contribution in [2.24, 2.45) is 0 Å². The maximum atomic E-state index is 11.1. The predicted octanol–water partition coefficient (Wildman–Crippen LogP) is 1.82. The second-order valence-electron chi connectivity index (χ2n) is 6.77. The normalized spacial score (nSPS) is 29.9. The van der Waals surface area contributed by atoms with Crippen molar-refractivity contribution in [2.75, 3.05) is 6.61 Å². The second-order valence-corrected chi connectivity index (χ2v) is 7.74. The van der Waals surface area contributed by atoms with Crippen LogP contribution in [0, 0.1) is 0 Å². The smallest absolute Gasteiger partial charge is 0.183 e. The number of nitrogens with one attached hydrogen (secondary N) is 1. The minimum atomic E-state index is -0.681. The van der Waals surface area contributed by atoms with E-state index in [-0.39, 0.29) is 12.1 Å². The molecule has 8 heteroatoms. The molecule has 3 aromatic rings. The van der Waals surface area contributed by atoms with Gasteiger partial charge in [-0.05, 0) is 5.56 Å². The van der Waals surface area contributed by atoms with E-state index in [9.17, 15) is 5.11 Å². The zero-order chi connectivity index (χ0) is 18.2. The van der Waals surface area contributed by atoms with Gasteiger partial charge in [0, 0.05) is 29.9 Å². The van der Waals surface area contributed by atoms with Gasteiger partial charge in [-0.15, -0.1) is 11.3 Å². The first-order valence-corrected chi connectivity index (χ1v) is 9.84. The Kier molecular flexibility index (Phi) is 4.50. The summed E-state index contributed by atoms with van der Waals surface area (Å²) in [4.78, 5) is 4.29. The van der Waals surface area contributed by atoms with Crippen LogP contribution in [-0.4, -0.2) is 51.0 Å². The molecular weight excluding hydrogens is 364 g/mol. The van der Waals surface area contributed by atoms with Gasteiger partial charge in [0.2, 0.25) is 0 Å². The van der Waals surface area contributed by atoms with E-state index in [4.69, 9.17) is 9.47 Å². The third kappa shape index (κ3) is 3.19. The van der Waals surface area contributed by atoms with Gasteiger partial charge in [0.05, 0.1) is 24.9 Å². The molecule has 2 bridgehead atoms. The molecule has 0 spiro atoms. The first-order chi connectivity index (χ1) is 13.3. The maximum Gasteiger partial charge on any atom is 0.183 e. The molecule has 0 unspecified atom stereocenters. The summed E-state index contributed by atoms with van der Waals surface area (Å²) in [6, 6.07) is 9.39. The van der Waals surface area contributed by atoms with Crippen LogP contribution in [0.25, 0.3) is 11.1 Å². The lowest BCUT2D eigenvalue weighted by Crippen LogP contribution is -2.57. The van der Waals surface area contributed by atoms with Gasteiger partial charge >= 0.3 is 0 Å². The van der Waals surface area contributed by atoms with Gasteiger partial charge in [-0.3, -0.25) is 4.68 Å². The zero-order valence-electron chi connectivity index (χ0n) is 14.5. The number of fused-ring (bicyclic) bond motifs is 2. The number of benzene rings is 1. The average molecular weight is 384 g/mol. The summed E-state index contributed by atoms with van der Waals surface area (Å²) in [5, 5.41) is 21.9. The van der Waals surface area contributed by atoms with Gasteiger partial charge in [0.1, 0.15) is 17.2 Å². The number of ether oxygens (including phenoxy) is 2. The molecule has 0 aliphatic carbocycles. The molecule has 2 N–H and O–H groups in total. The van der Waals surface area contributed by atoms with Crippen molar-refractivity contribution < 1.29 is 14.6 Å². The first kappa shape index (κ1) is 17.0. The monoisotopic (exact) mass is 384 g/mol. The van der Waals surface area contributed by atoms with E-state index < -0.39 is 18.4 Å². The molecule has 5 atom stereocenters. The Labute approximate surface area is 160 Å². The van der Waals surface area contributed by atoms with Gasteiger partial charge in [-0.2, -0.15) is 5.10 Å². The predicted molar refractivity (Wildman–Crippen MR) is 100 cm³/mol. The topological polar surface area (TPSA) is 81.4 Å². The van der Waals surface area contributed by atoms with Gasteiger partial charge < -0.3 is 19.9 Å². The summed E-state index contributed by atoms with van der Waals surface area (Å²) in [6.07, 6.45) is 4.17. The van der Waals surface area contributed by atoms with Crippen molar-refractivity contribution >= 4 is 11.3 Å². The van der Waals surface area contributed by atoms with E-state index in [1.54, 1.807) is 28.4 Å². The van der Waals surface area contributed by atoms with Crippen molar-refractivity contribution in [3.63, 3.8) is 0 Å². The van der Waals surface area contributed by atoms with Crippen molar-refractivity contribution in [3.05, 3.63) is 59.3 Å². The van der Waals surface area contributed by atoms with Crippen LogP contribution < -0.4 is 5.32 Å². The summed E-state index contributed by atoms with van der Waals surface area (Å²) in [5.41, 5.74) is 2.08. The van der Waals surface area contributed by atoms with Crippen LogP contribution in [0.4, 0.5) is 0 Å². The molecule has 2 aliphatic rings. The number of hydrogen-bond donors (Lipinski definition) is 2. The van der Waals surface area contributed by atoms with Gasteiger partial charge in [-0.1, -0.05) is 30.3 Å². The Morgan fingerprint density at radius 1 is 1.26 bits per heavy atom. The van der Waals surface area contributed by atoms with Crippen LogP contribution in [0.1, 0.15) is 11.0 Å². The van der Waals surface area contributed by atoms with Gasteiger partial charge in [0.15, 0.2) is 6.29 Å². The molecule has 7 nitrogen and oxygen atoms in total. The van der Waals surface area contributed by atoms with Gasteiger partial charge in [-0.25, -0.2) is 4.98 Å². The third-order valence-electron chi connectivity index (χ3n) is 5.12. The Balaban J connectivity index is 1.38. The van der Waals surface area contributed by atoms with Crippen molar-refractivity contribution in [1.29, 1.82) is 0 Å². The largest absolute Gasteiger partial charge is 0.389 e. The van der Waals surface area contributed by atoms with E-state index in [0.29, 0.717) is 13.2 Å². The third-order valence-corrected chi connectivity index (χ3v) is 5.90. The SMILES string of the molecule is O[C@H]1[C@H](NCc2nccs2)[C@H]2CO[C@H](O2)[C@@H]1n1cc(-c2ccccc2)cn1. The fourth-order valence-corrected chi connectivity index (χ4v) is 4.33. The van der Waals surface area contributed by atoms with Crippen LogP contribution >= 0.6 is 11.3 Å². The Morgan fingerprint density at radius 3 is 2.96 bits per heavy atom.